The zero-order valence-corrected chi connectivity index (χ0v) is 13.3. The Morgan fingerprint density at radius 2 is 2.30 bits per heavy atom. The molecule has 0 radical (unpaired) electrons. The van der Waals surface area contributed by atoms with E-state index in [9.17, 15) is 14.7 Å². The summed E-state index contributed by atoms with van der Waals surface area (Å²) in [6, 6.07) is 6.33. The van der Waals surface area contributed by atoms with E-state index in [1.165, 1.54) is 24.3 Å². The Kier molecular flexibility index (Phi) is 6.04. The van der Waals surface area contributed by atoms with Crippen LogP contribution in [0, 0.1) is 0 Å². The van der Waals surface area contributed by atoms with Crippen LogP contribution in [0.4, 0.5) is 0 Å². The van der Waals surface area contributed by atoms with Crippen molar-refractivity contribution in [2.24, 2.45) is 0 Å². The molecule has 1 aromatic heterocycles. The van der Waals surface area contributed by atoms with Gasteiger partial charge in [-0.3, -0.25) is 4.79 Å². The summed E-state index contributed by atoms with van der Waals surface area (Å²) in [5.74, 6) is -0.595. The first-order valence-electron chi connectivity index (χ1n) is 6.84. The number of rotatable bonds is 8. The van der Waals surface area contributed by atoms with E-state index in [1.54, 1.807) is 7.11 Å². The summed E-state index contributed by atoms with van der Waals surface area (Å²) in [4.78, 5) is 30.7. The van der Waals surface area contributed by atoms with Crippen molar-refractivity contribution < 1.29 is 19.4 Å². The van der Waals surface area contributed by atoms with Gasteiger partial charge in [-0.1, -0.05) is 6.07 Å². The Morgan fingerprint density at radius 3 is 2.96 bits per heavy atom. The molecule has 0 aliphatic carbocycles. The van der Waals surface area contributed by atoms with Gasteiger partial charge in [0.2, 0.25) is 5.91 Å². The van der Waals surface area contributed by atoms with Crippen molar-refractivity contribution in [3.8, 4) is 5.75 Å². The lowest BCUT2D eigenvalue weighted by Gasteiger charge is -2.13. The number of carboxylic acid groups (broad SMARTS) is 1. The molecule has 0 saturated heterocycles. The summed E-state index contributed by atoms with van der Waals surface area (Å²) < 4.78 is 5.12. The van der Waals surface area contributed by atoms with Crippen LogP contribution in [-0.4, -0.2) is 45.9 Å². The van der Waals surface area contributed by atoms with Gasteiger partial charge in [0.05, 0.1) is 19.2 Å². The van der Waals surface area contributed by atoms with E-state index >= 15 is 0 Å². The highest BCUT2D eigenvalue weighted by molar-refractivity contribution is 8.00. The van der Waals surface area contributed by atoms with E-state index in [2.05, 4.69) is 15.3 Å². The maximum atomic E-state index is 12.0. The topological polar surface area (TPSA) is 104 Å². The number of H-pyrrole nitrogens is 1. The number of thioether (sulfide) groups is 1. The van der Waals surface area contributed by atoms with Crippen LogP contribution in [0.1, 0.15) is 5.69 Å². The summed E-state index contributed by atoms with van der Waals surface area (Å²) in [5.41, 5.74) is 0.651. The van der Waals surface area contributed by atoms with Crippen molar-refractivity contribution in [2.45, 2.75) is 17.4 Å². The number of nitrogens with one attached hydrogen (secondary N) is 2. The molecule has 3 N–H and O–H groups in total. The minimum Gasteiger partial charge on any atom is -0.497 e. The van der Waals surface area contributed by atoms with Gasteiger partial charge in [0, 0.05) is 23.2 Å². The molecule has 0 unspecified atom stereocenters. The fourth-order valence-corrected chi connectivity index (χ4v) is 2.65. The van der Waals surface area contributed by atoms with Crippen LogP contribution in [-0.2, 0) is 16.0 Å². The number of nitrogens with zero attached hydrogens (tertiary/aromatic N) is 1. The fraction of sp³-hybridized carbons (Fsp3) is 0.267. The number of ether oxygens (including phenoxy) is 1. The molecule has 0 saturated carbocycles. The summed E-state index contributed by atoms with van der Waals surface area (Å²) in [5, 5.41) is 11.7. The largest absolute Gasteiger partial charge is 0.497 e. The molecule has 122 valence electrons. The van der Waals surface area contributed by atoms with E-state index in [4.69, 9.17) is 4.74 Å². The summed E-state index contributed by atoms with van der Waals surface area (Å²) >= 11 is 1.31. The van der Waals surface area contributed by atoms with Crippen LogP contribution in [0.15, 0.2) is 41.7 Å². The van der Waals surface area contributed by atoms with Gasteiger partial charge < -0.3 is 20.1 Å². The van der Waals surface area contributed by atoms with Crippen molar-refractivity contribution in [2.75, 3.05) is 12.9 Å². The smallest absolute Gasteiger partial charge is 0.326 e. The van der Waals surface area contributed by atoms with Gasteiger partial charge in [-0.15, -0.1) is 11.8 Å². The van der Waals surface area contributed by atoms with Crippen LogP contribution < -0.4 is 10.1 Å². The number of hydrogen-bond acceptors (Lipinski definition) is 5. The van der Waals surface area contributed by atoms with Gasteiger partial charge in [-0.2, -0.15) is 0 Å². The Morgan fingerprint density at radius 1 is 1.48 bits per heavy atom. The first-order valence-corrected chi connectivity index (χ1v) is 7.83. The number of amides is 1. The maximum Gasteiger partial charge on any atom is 0.326 e. The quantitative estimate of drug-likeness (QED) is 0.629. The van der Waals surface area contributed by atoms with Crippen molar-refractivity contribution in [3.63, 3.8) is 0 Å². The molecule has 1 aromatic carbocycles. The lowest BCUT2D eigenvalue weighted by atomic mass is 10.1. The van der Waals surface area contributed by atoms with Gasteiger partial charge in [0.1, 0.15) is 11.8 Å². The van der Waals surface area contributed by atoms with Crippen LogP contribution in [0.2, 0.25) is 0 Å². The third kappa shape index (κ3) is 5.33. The summed E-state index contributed by atoms with van der Waals surface area (Å²) in [6.45, 7) is 0. The van der Waals surface area contributed by atoms with E-state index in [-0.39, 0.29) is 18.1 Å². The SMILES string of the molecule is COc1cccc(SCC(=O)N[C@@H](Cc2cnc[nH]2)C(=O)O)c1. The van der Waals surface area contributed by atoms with E-state index in [0.717, 1.165) is 4.90 Å². The number of hydrogen-bond donors (Lipinski definition) is 3. The van der Waals surface area contributed by atoms with Crippen LogP contribution in [0.3, 0.4) is 0 Å². The predicted octanol–water partition coefficient (Wildman–Crippen LogP) is 1.32. The van der Waals surface area contributed by atoms with Crippen molar-refractivity contribution >= 4 is 23.6 Å². The number of carboxylic acids is 1. The summed E-state index contributed by atoms with van der Waals surface area (Å²) in [7, 11) is 1.57. The van der Waals surface area contributed by atoms with E-state index in [1.807, 2.05) is 24.3 Å². The van der Waals surface area contributed by atoms with Gasteiger partial charge in [-0.25, -0.2) is 9.78 Å². The number of carbonyl (C=O) groups excluding carboxylic acids is 1. The van der Waals surface area contributed by atoms with Gasteiger partial charge in [0.15, 0.2) is 0 Å². The third-order valence-electron chi connectivity index (χ3n) is 3.02. The molecule has 1 atom stereocenters. The molecule has 1 heterocycles. The van der Waals surface area contributed by atoms with Gasteiger partial charge in [-0.05, 0) is 18.2 Å². The second-order valence-electron chi connectivity index (χ2n) is 4.71. The Balaban J connectivity index is 1.87. The zero-order valence-electron chi connectivity index (χ0n) is 12.5. The Bertz CT molecular complexity index is 661. The number of aliphatic carboxylic acids is 1. The van der Waals surface area contributed by atoms with Crippen molar-refractivity contribution in [1.82, 2.24) is 15.3 Å². The van der Waals surface area contributed by atoms with E-state index in [0.29, 0.717) is 11.4 Å². The zero-order chi connectivity index (χ0) is 16.7. The standard InChI is InChI=1S/C15H17N3O4S/c1-22-11-3-2-4-12(6-11)23-8-14(19)18-13(15(20)21)5-10-7-16-9-17-10/h2-4,6-7,9,13H,5,8H2,1H3,(H,16,17)(H,18,19)(H,20,21)/t13-/m0/s1. The van der Waals surface area contributed by atoms with Crippen LogP contribution in [0.25, 0.3) is 0 Å². The number of imidazole rings is 1. The van der Waals surface area contributed by atoms with E-state index < -0.39 is 12.0 Å². The Hall–Kier alpha value is -2.48. The highest BCUT2D eigenvalue weighted by atomic mass is 32.2. The molecule has 0 spiro atoms. The highest BCUT2D eigenvalue weighted by Gasteiger charge is 2.21. The average Bonchev–Trinajstić information content (AvgIpc) is 3.05. The second kappa shape index (κ2) is 8.23. The van der Waals surface area contributed by atoms with Crippen LogP contribution in [0.5, 0.6) is 5.75 Å². The number of methoxy groups -OCH3 is 1. The monoisotopic (exact) mass is 335 g/mol. The van der Waals surface area contributed by atoms with Gasteiger partial charge in [0.25, 0.3) is 0 Å². The molecule has 8 heteroatoms. The predicted molar refractivity (Wildman–Crippen MR) is 85.6 cm³/mol. The maximum absolute atomic E-state index is 12.0. The van der Waals surface area contributed by atoms with Crippen molar-refractivity contribution in [1.29, 1.82) is 0 Å². The lowest BCUT2D eigenvalue weighted by molar-refractivity contribution is -0.141. The minimum absolute atomic E-state index is 0.125. The molecule has 7 nitrogen and oxygen atoms in total. The number of aromatic nitrogens is 2. The molecular formula is C15H17N3O4S. The first-order chi connectivity index (χ1) is 11.1. The molecule has 0 aliphatic rings. The van der Waals surface area contributed by atoms with Crippen LogP contribution >= 0.6 is 11.8 Å². The molecule has 23 heavy (non-hydrogen) atoms. The molecule has 2 aromatic rings. The summed E-state index contributed by atoms with van der Waals surface area (Å²) in [6.07, 6.45) is 3.16. The Labute approximate surface area is 137 Å². The molecular weight excluding hydrogens is 318 g/mol. The molecule has 0 fully saturated rings. The minimum atomic E-state index is -1.08. The lowest BCUT2D eigenvalue weighted by Crippen LogP contribution is -2.43. The second-order valence-corrected chi connectivity index (χ2v) is 5.76. The number of benzene rings is 1. The normalized spacial score (nSPS) is 11.7. The van der Waals surface area contributed by atoms with Gasteiger partial charge >= 0.3 is 5.97 Å². The molecule has 0 aliphatic heterocycles. The molecule has 1 amide bonds. The third-order valence-corrected chi connectivity index (χ3v) is 4.02. The number of aromatic amines is 1. The number of carbonyl (C=O) groups is 2. The molecule has 2 rings (SSSR count). The highest BCUT2D eigenvalue weighted by Crippen LogP contribution is 2.22. The van der Waals surface area contributed by atoms with Crippen molar-refractivity contribution in [3.05, 3.63) is 42.5 Å². The molecule has 0 bridgehead atoms. The first kappa shape index (κ1) is 16.9. The fourth-order valence-electron chi connectivity index (χ4n) is 1.89. The average molecular weight is 335 g/mol.